The van der Waals surface area contributed by atoms with Crippen LogP contribution in [0.1, 0.15) is 47.0 Å². The number of H-pyrrole nitrogens is 1. The van der Waals surface area contributed by atoms with Gasteiger partial charge in [0.1, 0.15) is 6.07 Å². The van der Waals surface area contributed by atoms with E-state index in [2.05, 4.69) is 50.7 Å². The number of aromatic amines is 1. The third kappa shape index (κ3) is 5.98. The SMILES string of the molecule is CCOCCCNCc1ccc(/C=C/c2c(C)ncc(C#N)c2Nc2ccc3[nH]ccc3c2C)nc1. The molecule has 0 radical (unpaired) electrons. The Balaban J connectivity index is 1.51. The van der Waals surface area contributed by atoms with Gasteiger partial charge in [-0.25, -0.2) is 0 Å². The lowest BCUT2D eigenvalue weighted by Crippen LogP contribution is -2.16. The van der Waals surface area contributed by atoms with Crippen LogP contribution in [-0.4, -0.2) is 34.7 Å². The predicted molar refractivity (Wildman–Crippen MR) is 146 cm³/mol. The van der Waals surface area contributed by atoms with Crippen molar-refractivity contribution in [2.45, 2.75) is 33.7 Å². The molecule has 0 amide bonds. The molecule has 0 aliphatic rings. The number of aryl methyl sites for hydroxylation is 2. The Labute approximate surface area is 212 Å². The first-order valence-electron chi connectivity index (χ1n) is 12.3. The molecule has 0 saturated carbocycles. The molecule has 0 aliphatic carbocycles. The Hall–Kier alpha value is -3.99. The Morgan fingerprint density at radius 2 is 1.97 bits per heavy atom. The first-order chi connectivity index (χ1) is 17.6. The van der Waals surface area contributed by atoms with Gasteiger partial charge in [-0.05, 0) is 81.3 Å². The lowest BCUT2D eigenvalue weighted by atomic mass is 10.0. The number of fused-ring (bicyclic) bond motifs is 1. The average molecular weight is 481 g/mol. The van der Waals surface area contributed by atoms with E-state index in [4.69, 9.17) is 4.74 Å². The number of ether oxygens (including phenoxy) is 1. The van der Waals surface area contributed by atoms with Crippen molar-refractivity contribution in [3.05, 3.63) is 82.6 Å². The van der Waals surface area contributed by atoms with Crippen molar-refractivity contribution in [3.8, 4) is 6.07 Å². The molecule has 184 valence electrons. The topological polar surface area (TPSA) is 98.6 Å². The summed E-state index contributed by atoms with van der Waals surface area (Å²) in [5.74, 6) is 0. The highest BCUT2D eigenvalue weighted by molar-refractivity contribution is 5.90. The fraction of sp³-hybridized carbons (Fsp3) is 0.276. The van der Waals surface area contributed by atoms with Gasteiger partial charge in [0.2, 0.25) is 0 Å². The minimum atomic E-state index is 0.493. The fourth-order valence-electron chi connectivity index (χ4n) is 4.08. The Morgan fingerprint density at radius 3 is 2.75 bits per heavy atom. The number of nitrogens with zero attached hydrogens (tertiary/aromatic N) is 3. The van der Waals surface area contributed by atoms with Gasteiger partial charge in [-0.1, -0.05) is 6.07 Å². The highest BCUT2D eigenvalue weighted by Crippen LogP contribution is 2.32. The van der Waals surface area contributed by atoms with E-state index in [0.717, 1.165) is 83.1 Å². The largest absolute Gasteiger partial charge is 0.382 e. The van der Waals surface area contributed by atoms with Gasteiger partial charge in [0, 0.05) is 66.2 Å². The summed E-state index contributed by atoms with van der Waals surface area (Å²) >= 11 is 0. The molecule has 0 atom stereocenters. The first-order valence-corrected chi connectivity index (χ1v) is 12.3. The van der Waals surface area contributed by atoms with Gasteiger partial charge < -0.3 is 20.4 Å². The zero-order valence-electron chi connectivity index (χ0n) is 21.1. The van der Waals surface area contributed by atoms with Crippen molar-refractivity contribution in [1.82, 2.24) is 20.3 Å². The normalized spacial score (nSPS) is 11.3. The summed E-state index contributed by atoms with van der Waals surface area (Å²) < 4.78 is 5.36. The molecule has 0 fully saturated rings. The van der Waals surface area contributed by atoms with Crippen LogP contribution in [0.25, 0.3) is 23.1 Å². The number of anilines is 2. The maximum atomic E-state index is 9.78. The third-order valence-electron chi connectivity index (χ3n) is 6.14. The van der Waals surface area contributed by atoms with Crippen LogP contribution in [0.3, 0.4) is 0 Å². The second-order valence-corrected chi connectivity index (χ2v) is 8.61. The zero-order chi connectivity index (χ0) is 25.3. The highest BCUT2D eigenvalue weighted by atomic mass is 16.5. The van der Waals surface area contributed by atoms with Gasteiger partial charge in [-0.15, -0.1) is 0 Å². The molecule has 4 rings (SSSR count). The van der Waals surface area contributed by atoms with E-state index in [-0.39, 0.29) is 0 Å². The molecule has 0 spiro atoms. The van der Waals surface area contributed by atoms with Crippen LogP contribution in [0.4, 0.5) is 11.4 Å². The minimum absolute atomic E-state index is 0.493. The van der Waals surface area contributed by atoms with Crippen molar-refractivity contribution >= 4 is 34.4 Å². The van der Waals surface area contributed by atoms with Gasteiger partial charge >= 0.3 is 0 Å². The summed E-state index contributed by atoms with van der Waals surface area (Å²) in [6.45, 7) is 9.26. The van der Waals surface area contributed by atoms with E-state index in [9.17, 15) is 5.26 Å². The molecule has 4 aromatic rings. The molecular weight excluding hydrogens is 448 g/mol. The van der Waals surface area contributed by atoms with Gasteiger partial charge in [-0.3, -0.25) is 9.97 Å². The lowest BCUT2D eigenvalue weighted by molar-refractivity contribution is 0.144. The highest BCUT2D eigenvalue weighted by Gasteiger charge is 2.13. The fourth-order valence-corrected chi connectivity index (χ4v) is 4.08. The standard InChI is InChI=1S/C29H32N6O/c1-4-36-15-5-13-31-17-22-6-7-24(34-18-22)8-9-26-21(3)33-19-23(16-30)29(26)35-27-10-11-28-25(20(27)2)12-14-32-28/h6-12,14,18-19,31-32H,4-5,13,15,17H2,1-3H3,(H,33,35)/b9-8+. The number of pyridine rings is 2. The molecule has 0 saturated heterocycles. The van der Waals surface area contributed by atoms with E-state index in [1.165, 1.54) is 0 Å². The van der Waals surface area contributed by atoms with Crippen LogP contribution in [0.2, 0.25) is 0 Å². The Morgan fingerprint density at radius 1 is 1.08 bits per heavy atom. The van der Waals surface area contributed by atoms with Crippen molar-refractivity contribution in [2.75, 3.05) is 25.1 Å². The Bertz CT molecular complexity index is 1380. The van der Waals surface area contributed by atoms with E-state index in [0.29, 0.717) is 5.56 Å². The van der Waals surface area contributed by atoms with E-state index < -0.39 is 0 Å². The molecule has 3 heterocycles. The van der Waals surface area contributed by atoms with Gasteiger partial charge in [0.15, 0.2) is 0 Å². The van der Waals surface area contributed by atoms with Crippen molar-refractivity contribution < 1.29 is 4.74 Å². The van der Waals surface area contributed by atoms with E-state index >= 15 is 0 Å². The third-order valence-corrected chi connectivity index (χ3v) is 6.14. The molecule has 1 aromatic carbocycles. The van der Waals surface area contributed by atoms with E-state index in [1.807, 2.05) is 56.6 Å². The van der Waals surface area contributed by atoms with Crippen LogP contribution in [-0.2, 0) is 11.3 Å². The van der Waals surface area contributed by atoms with Crippen molar-refractivity contribution in [2.24, 2.45) is 0 Å². The van der Waals surface area contributed by atoms with Crippen molar-refractivity contribution in [3.63, 3.8) is 0 Å². The Kier molecular flexibility index (Phi) is 8.45. The summed E-state index contributed by atoms with van der Waals surface area (Å²) in [5, 5.41) is 17.9. The number of hydrogen-bond acceptors (Lipinski definition) is 6. The van der Waals surface area contributed by atoms with Crippen LogP contribution in [0.5, 0.6) is 0 Å². The predicted octanol–water partition coefficient (Wildman–Crippen LogP) is 5.88. The first kappa shape index (κ1) is 25.1. The lowest BCUT2D eigenvalue weighted by Gasteiger charge is -2.15. The molecule has 0 unspecified atom stereocenters. The van der Waals surface area contributed by atoms with Gasteiger partial charge in [0.05, 0.1) is 16.9 Å². The summed E-state index contributed by atoms with van der Waals surface area (Å²) in [6, 6.07) is 12.5. The average Bonchev–Trinajstić information content (AvgIpc) is 3.38. The molecule has 7 heteroatoms. The molecule has 36 heavy (non-hydrogen) atoms. The molecular formula is C29H32N6O. The molecule has 3 N–H and O–H groups in total. The van der Waals surface area contributed by atoms with Gasteiger partial charge in [0.25, 0.3) is 0 Å². The number of aromatic nitrogens is 3. The number of hydrogen-bond donors (Lipinski definition) is 3. The zero-order valence-corrected chi connectivity index (χ0v) is 21.1. The summed E-state index contributed by atoms with van der Waals surface area (Å²) in [7, 11) is 0. The second-order valence-electron chi connectivity index (χ2n) is 8.61. The monoisotopic (exact) mass is 480 g/mol. The number of benzene rings is 1. The van der Waals surface area contributed by atoms with Crippen molar-refractivity contribution in [1.29, 1.82) is 5.26 Å². The van der Waals surface area contributed by atoms with Crippen LogP contribution >= 0.6 is 0 Å². The van der Waals surface area contributed by atoms with Crippen LogP contribution in [0, 0.1) is 25.2 Å². The summed E-state index contributed by atoms with van der Waals surface area (Å²) in [6.07, 6.45) is 10.4. The van der Waals surface area contributed by atoms with E-state index in [1.54, 1.807) is 6.20 Å². The molecule has 7 nitrogen and oxygen atoms in total. The molecule has 0 aliphatic heterocycles. The summed E-state index contributed by atoms with van der Waals surface area (Å²) in [4.78, 5) is 12.3. The maximum Gasteiger partial charge on any atom is 0.103 e. The summed E-state index contributed by atoms with van der Waals surface area (Å²) in [5.41, 5.74) is 8.06. The van der Waals surface area contributed by atoms with Crippen LogP contribution in [0.15, 0.2) is 48.9 Å². The number of nitrogens with one attached hydrogen (secondary N) is 3. The number of nitriles is 1. The van der Waals surface area contributed by atoms with Gasteiger partial charge in [-0.2, -0.15) is 5.26 Å². The molecule has 3 aromatic heterocycles. The second kappa shape index (κ2) is 12.1. The smallest absolute Gasteiger partial charge is 0.103 e. The minimum Gasteiger partial charge on any atom is -0.382 e. The maximum absolute atomic E-state index is 9.78. The molecule has 0 bridgehead atoms. The number of rotatable bonds is 11. The van der Waals surface area contributed by atoms with Crippen LogP contribution < -0.4 is 10.6 Å². The quantitative estimate of drug-likeness (QED) is 0.232.